The Hall–Kier alpha value is -2.30. The Labute approximate surface area is 137 Å². The second kappa shape index (κ2) is 7.81. The van der Waals surface area contributed by atoms with Gasteiger partial charge in [0.15, 0.2) is 0 Å². The average molecular weight is 316 g/mol. The molecule has 0 atom stereocenters. The second-order valence-corrected chi connectivity index (χ2v) is 5.90. The smallest absolute Gasteiger partial charge is 0.410 e. The summed E-state index contributed by atoms with van der Waals surface area (Å²) in [6.45, 7) is 8.95. The number of rotatable bonds is 4. The number of ether oxygens (including phenoxy) is 1. The van der Waals surface area contributed by atoms with Gasteiger partial charge in [0.1, 0.15) is 6.61 Å². The highest BCUT2D eigenvalue weighted by Gasteiger charge is 2.24. The lowest BCUT2D eigenvalue weighted by Gasteiger charge is -2.31. The van der Waals surface area contributed by atoms with Crippen molar-refractivity contribution in [2.75, 3.05) is 19.7 Å². The summed E-state index contributed by atoms with van der Waals surface area (Å²) in [4.78, 5) is 25.7. The SMILES string of the molecule is C=CCOC(=O)N1CCC(NC(=O)c2ccc(C)c(C)c2)CC1. The number of piperidine rings is 1. The fraction of sp³-hybridized carbons (Fsp3) is 0.444. The lowest BCUT2D eigenvalue weighted by Crippen LogP contribution is -2.46. The number of carbonyl (C=O) groups is 2. The molecule has 0 aromatic heterocycles. The zero-order chi connectivity index (χ0) is 16.8. The normalized spacial score (nSPS) is 15.1. The summed E-state index contributed by atoms with van der Waals surface area (Å²) in [7, 11) is 0. The van der Waals surface area contributed by atoms with Crippen LogP contribution in [0.2, 0.25) is 0 Å². The van der Waals surface area contributed by atoms with Crippen LogP contribution in [0.4, 0.5) is 4.79 Å². The van der Waals surface area contributed by atoms with Crippen LogP contribution in [0.15, 0.2) is 30.9 Å². The van der Waals surface area contributed by atoms with E-state index in [1.165, 1.54) is 5.56 Å². The molecule has 0 unspecified atom stereocenters. The number of amides is 2. The summed E-state index contributed by atoms with van der Waals surface area (Å²) in [5.41, 5.74) is 2.96. The molecular weight excluding hydrogens is 292 g/mol. The largest absolute Gasteiger partial charge is 0.445 e. The van der Waals surface area contributed by atoms with Crippen LogP contribution in [-0.2, 0) is 4.74 Å². The third-order valence-corrected chi connectivity index (χ3v) is 4.18. The molecule has 1 aliphatic rings. The maximum Gasteiger partial charge on any atom is 0.410 e. The van der Waals surface area contributed by atoms with Gasteiger partial charge in [-0.3, -0.25) is 4.79 Å². The highest BCUT2D eigenvalue weighted by Crippen LogP contribution is 2.14. The molecule has 0 bridgehead atoms. The first kappa shape index (κ1) is 17.1. The number of hydrogen-bond donors (Lipinski definition) is 1. The van der Waals surface area contributed by atoms with Crippen molar-refractivity contribution in [1.82, 2.24) is 10.2 Å². The summed E-state index contributed by atoms with van der Waals surface area (Å²) in [5.74, 6) is -0.0548. The first-order chi connectivity index (χ1) is 11.0. The van der Waals surface area contributed by atoms with Gasteiger partial charge in [-0.1, -0.05) is 18.7 Å². The minimum Gasteiger partial charge on any atom is -0.445 e. The summed E-state index contributed by atoms with van der Waals surface area (Å²) >= 11 is 0. The molecule has 0 radical (unpaired) electrons. The van der Waals surface area contributed by atoms with Crippen LogP contribution in [0.25, 0.3) is 0 Å². The third kappa shape index (κ3) is 4.58. The molecular formula is C18H24N2O3. The van der Waals surface area contributed by atoms with Gasteiger partial charge in [0, 0.05) is 24.7 Å². The van der Waals surface area contributed by atoms with E-state index in [2.05, 4.69) is 11.9 Å². The Bertz CT molecular complexity index is 590. The Morgan fingerprint density at radius 2 is 2.00 bits per heavy atom. The topological polar surface area (TPSA) is 58.6 Å². The molecule has 0 spiro atoms. The van der Waals surface area contributed by atoms with Crippen LogP contribution in [-0.4, -0.2) is 42.6 Å². The van der Waals surface area contributed by atoms with Gasteiger partial charge in [-0.25, -0.2) is 4.79 Å². The summed E-state index contributed by atoms with van der Waals surface area (Å²) in [5, 5.41) is 3.05. The molecule has 1 fully saturated rings. The number of nitrogens with zero attached hydrogens (tertiary/aromatic N) is 1. The van der Waals surface area contributed by atoms with Gasteiger partial charge in [0.25, 0.3) is 5.91 Å². The maximum atomic E-state index is 12.3. The van der Waals surface area contributed by atoms with Crippen LogP contribution in [0.1, 0.15) is 34.3 Å². The number of nitrogens with one attached hydrogen (secondary N) is 1. The number of aryl methyl sites for hydroxylation is 2. The third-order valence-electron chi connectivity index (χ3n) is 4.18. The van der Waals surface area contributed by atoms with Gasteiger partial charge in [0.2, 0.25) is 0 Å². The predicted molar refractivity (Wildman–Crippen MR) is 89.5 cm³/mol. The molecule has 1 N–H and O–H groups in total. The molecule has 1 aliphatic heterocycles. The quantitative estimate of drug-likeness (QED) is 0.869. The molecule has 2 rings (SSSR count). The van der Waals surface area contributed by atoms with Gasteiger partial charge in [0.05, 0.1) is 0 Å². The van der Waals surface area contributed by atoms with Crippen molar-refractivity contribution in [3.8, 4) is 0 Å². The lowest BCUT2D eigenvalue weighted by molar-refractivity contribution is 0.0874. The molecule has 1 saturated heterocycles. The summed E-state index contributed by atoms with van der Waals surface area (Å²) < 4.78 is 5.02. The van der Waals surface area contributed by atoms with E-state index in [1.54, 1.807) is 11.0 Å². The molecule has 2 amide bonds. The van der Waals surface area contributed by atoms with Gasteiger partial charge in [-0.2, -0.15) is 0 Å². The summed E-state index contributed by atoms with van der Waals surface area (Å²) in [6, 6.07) is 5.81. The molecule has 1 aromatic rings. The Balaban J connectivity index is 1.83. The van der Waals surface area contributed by atoms with Crippen molar-refractivity contribution < 1.29 is 14.3 Å². The van der Waals surface area contributed by atoms with Crippen molar-refractivity contribution in [3.05, 3.63) is 47.5 Å². The predicted octanol–water partition coefficient (Wildman–Crippen LogP) is 2.82. The standard InChI is InChI=1S/C18H24N2O3/c1-4-11-23-18(22)20-9-7-16(8-10-20)19-17(21)15-6-5-13(2)14(3)12-15/h4-6,12,16H,1,7-11H2,2-3H3,(H,19,21). The molecule has 5 heteroatoms. The number of likely N-dealkylation sites (tertiary alicyclic amines) is 1. The van der Waals surface area contributed by atoms with E-state index in [0.717, 1.165) is 18.4 Å². The molecule has 124 valence electrons. The fourth-order valence-electron chi connectivity index (χ4n) is 2.58. The van der Waals surface area contributed by atoms with Crippen LogP contribution in [0.5, 0.6) is 0 Å². The van der Waals surface area contributed by atoms with Gasteiger partial charge in [-0.05, 0) is 49.9 Å². The molecule has 1 aromatic carbocycles. The van der Waals surface area contributed by atoms with E-state index < -0.39 is 0 Å². The monoisotopic (exact) mass is 316 g/mol. The average Bonchev–Trinajstić information content (AvgIpc) is 2.55. The fourth-order valence-corrected chi connectivity index (χ4v) is 2.58. The van der Waals surface area contributed by atoms with Crippen LogP contribution < -0.4 is 5.32 Å². The van der Waals surface area contributed by atoms with Gasteiger partial charge >= 0.3 is 6.09 Å². The van der Waals surface area contributed by atoms with Crippen LogP contribution >= 0.6 is 0 Å². The highest BCUT2D eigenvalue weighted by atomic mass is 16.6. The van der Waals surface area contributed by atoms with Crippen molar-refractivity contribution in [3.63, 3.8) is 0 Å². The van der Waals surface area contributed by atoms with Gasteiger partial charge in [-0.15, -0.1) is 0 Å². The first-order valence-corrected chi connectivity index (χ1v) is 7.92. The Morgan fingerprint density at radius 3 is 2.61 bits per heavy atom. The van der Waals surface area contributed by atoms with E-state index in [9.17, 15) is 9.59 Å². The molecule has 23 heavy (non-hydrogen) atoms. The van der Waals surface area contributed by atoms with Crippen LogP contribution in [0, 0.1) is 13.8 Å². The number of hydrogen-bond acceptors (Lipinski definition) is 3. The van der Waals surface area contributed by atoms with Crippen molar-refractivity contribution in [2.45, 2.75) is 32.7 Å². The summed E-state index contributed by atoms with van der Waals surface area (Å²) in [6.07, 6.45) is 2.71. The molecule has 0 saturated carbocycles. The number of carbonyl (C=O) groups excluding carboxylic acids is 2. The van der Waals surface area contributed by atoms with E-state index in [0.29, 0.717) is 18.7 Å². The Morgan fingerprint density at radius 1 is 1.30 bits per heavy atom. The number of benzene rings is 1. The van der Waals surface area contributed by atoms with Crippen molar-refractivity contribution >= 4 is 12.0 Å². The molecule has 1 heterocycles. The zero-order valence-electron chi connectivity index (χ0n) is 13.8. The van der Waals surface area contributed by atoms with E-state index in [-0.39, 0.29) is 24.6 Å². The lowest BCUT2D eigenvalue weighted by atomic mass is 10.0. The van der Waals surface area contributed by atoms with Gasteiger partial charge < -0.3 is 15.0 Å². The van der Waals surface area contributed by atoms with E-state index >= 15 is 0 Å². The molecule has 0 aliphatic carbocycles. The highest BCUT2D eigenvalue weighted by molar-refractivity contribution is 5.94. The van der Waals surface area contributed by atoms with E-state index in [4.69, 9.17) is 4.74 Å². The molecule has 5 nitrogen and oxygen atoms in total. The minimum atomic E-state index is -0.316. The second-order valence-electron chi connectivity index (χ2n) is 5.90. The van der Waals surface area contributed by atoms with Crippen molar-refractivity contribution in [1.29, 1.82) is 0 Å². The van der Waals surface area contributed by atoms with Crippen molar-refractivity contribution in [2.24, 2.45) is 0 Å². The first-order valence-electron chi connectivity index (χ1n) is 7.92. The van der Waals surface area contributed by atoms with E-state index in [1.807, 2.05) is 32.0 Å². The Kier molecular flexibility index (Phi) is 5.79. The minimum absolute atomic E-state index is 0.0548. The zero-order valence-corrected chi connectivity index (χ0v) is 13.8. The van der Waals surface area contributed by atoms with Crippen LogP contribution in [0.3, 0.4) is 0 Å². The maximum absolute atomic E-state index is 12.3.